The summed E-state index contributed by atoms with van der Waals surface area (Å²) in [6.45, 7) is -0.144. The Morgan fingerprint density at radius 1 is 1.11 bits per heavy atom. The fourth-order valence-electron chi connectivity index (χ4n) is 2.10. The van der Waals surface area contributed by atoms with Gasteiger partial charge >= 0.3 is 0 Å². The third kappa shape index (κ3) is 1.71. The van der Waals surface area contributed by atoms with E-state index >= 15 is 0 Å². The molecule has 2 heterocycles. The number of pyridine rings is 1. The Bertz CT molecular complexity index is 647. The van der Waals surface area contributed by atoms with Crippen LogP contribution in [-0.2, 0) is 6.61 Å². The van der Waals surface area contributed by atoms with Gasteiger partial charge in [-0.2, -0.15) is 0 Å². The quantitative estimate of drug-likeness (QED) is 0.822. The molecule has 0 unspecified atom stereocenters. The van der Waals surface area contributed by atoms with Crippen LogP contribution in [0.15, 0.2) is 42.6 Å². The van der Waals surface area contributed by atoms with Crippen molar-refractivity contribution in [1.82, 2.24) is 4.98 Å². The van der Waals surface area contributed by atoms with Gasteiger partial charge in [-0.15, -0.1) is 0 Å². The number of fused-ring (bicyclic) bond motifs is 1. The summed E-state index contributed by atoms with van der Waals surface area (Å²) in [5.41, 5.74) is 1.56. The van der Waals surface area contributed by atoms with Crippen molar-refractivity contribution in [3.05, 3.63) is 59.4 Å². The molecule has 1 aromatic heterocycles. The van der Waals surface area contributed by atoms with Gasteiger partial charge in [0, 0.05) is 6.20 Å². The topological polar surface area (TPSA) is 70.5 Å². The molecule has 0 spiro atoms. The normalized spacial score (nSPS) is 13.8. The van der Waals surface area contributed by atoms with E-state index in [4.69, 9.17) is 5.11 Å². The second kappa shape index (κ2) is 4.29. The summed E-state index contributed by atoms with van der Waals surface area (Å²) in [5.74, 6) is -0.820. The number of rotatable bonds is 2. The summed E-state index contributed by atoms with van der Waals surface area (Å²) in [7, 11) is 0. The van der Waals surface area contributed by atoms with Crippen molar-refractivity contribution in [3.63, 3.8) is 0 Å². The molecule has 1 aliphatic heterocycles. The second-order valence-corrected chi connectivity index (χ2v) is 4.17. The summed E-state index contributed by atoms with van der Waals surface area (Å²) in [6.07, 6.45) is 1.48. The predicted molar refractivity (Wildman–Crippen MR) is 67.7 cm³/mol. The Hall–Kier alpha value is -2.53. The molecule has 5 nitrogen and oxygen atoms in total. The lowest BCUT2D eigenvalue weighted by Crippen LogP contribution is -2.29. The highest BCUT2D eigenvalue weighted by molar-refractivity contribution is 6.33. The third-order valence-corrected chi connectivity index (χ3v) is 3.00. The highest BCUT2D eigenvalue weighted by Crippen LogP contribution is 2.27. The molecule has 0 saturated carbocycles. The van der Waals surface area contributed by atoms with Gasteiger partial charge in [-0.3, -0.25) is 14.6 Å². The number of carbonyl (C=O) groups excluding carboxylic acids is 2. The number of nitrogens with zero attached hydrogens (tertiary/aromatic N) is 2. The van der Waals surface area contributed by atoms with Gasteiger partial charge in [-0.1, -0.05) is 12.1 Å². The summed E-state index contributed by atoms with van der Waals surface area (Å²) in [5, 5.41) is 9.11. The van der Waals surface area contributed by atoms with Crippen LogP contribution in [0.2, 0.25) is 0 Å². The first kappa shape index (κ1) is 11.6. The summed E-state index contributed by atoms with van der Waals surface area (Å²) < 4.78 is 0. The fourth-order valence-corrected chi connectivity index (χ4v) is 2.10. The minimum atomic E-state index is -0.435. The van der Waals surface area contributed by atoms with Crippen LogP contribution in [-0.4, -0.2) is 21.9 Å². The summed E-state index contributed by atoms with van der Waals surface area (Å²) >= 11 is 0. The van der Waals surface area contributed by atoms with Gasteiger partial charge in [0.1, 0.15) is 5.69 Å². The Labute approximate surface area is 109 Å². The third-order valence-electron chi connectivity index (χ3n) is 3.00. The van der Waals surface area contributed by atoms with Crippen molar-refractivity contribution < 1.29 is 14.7 Å². The van der Waals surface area contributed by atoms with E-state index in [1.165, 1.54) is 6.20 Å². The van der Waals surface area contributed by atoms with Crippen molar-refractivity contribution in [1.29, 1.82) is 0 Å². The zero-order chi connectivity index (χ0) is 13.4. The molecule has 3 rings (SSSR count). The molecule has 1 aromatic carbocycles. The van der Waals surface area contributed by atoms with Crippen LogP contribution in [0.1, 0.15) is 26.4 Å². The first-order valence-electron chi connectivity index (χ1n) is 5.76. The Morgan fingerprint density at radius 3 is 2.68 bits per heavy atom. The van der Waals surface area contributed by atoms with Crippen LogP contribution < -0.4 is 4.90 Å². The number of aliphatic hydroxyl groups is 1. The van der Waals surface area contributed by atoms with Gasteiger partial charge < -0.3 is 5.11 Å². The Morgan fingerprint density at radius 2 is 1.95 bits per heavy atom. The fraction of sp³-hybridized carbons (Fsp3) is 0.0714. The van der Waals surface area contributed by atoms with Crippen LogP contribution >= 0.6 is 0 Å². The maximum absolute atomic E-state index is 12.2. The summed E-state index contributed by atoms with van der Waals surface area (Å²) in [4.78, 5) is 29.4. The van der Waals surface area contributed by atoms with E-state index in [1.807, 2.05) is 0 Å². The molecule has 0 bridgehead atoms. The highest BCUT2D eigenvalue weighted by atomic mass is 16.3. The van der Waals surface area contributed by atoms with Crippen LogP contribution in [0.4, 0.5) is 5.69 Å². The molecular weight excluding hydrogens is 244 g/mol. The monoisotopic (exact) mass is 254 g/mol. The standard InChI is InChI=1S/C14H10N2O3/c17-8-9-3-1-4-10(7-9)16-13(18)11-5-2-6-15-12(11)14(16)19/h1-7,17H,8H2. The second-order valence-electron chi connectivity index (χ2n) is 4.17. The van der Waals surface area contributed by atoms with Crippen molar-refractivity contribution in [3.8, 4) is 0 Å². The minimum Gasteiger partial charge on any atom is -0.392 e. The van der Waals surface area contributed by atoms with E-state index < -0.39 is 5.91 Å². The number of amides is 2. The Kier molecular flexibility index (Phi) is 2.61. The first-order valence-corrected chi connectivity index (χ1v) is 5.76. The number of benzene rings is 1. The Balaban J connectivity index is 2.08. The lowest BCUT2D eigenvalue weighted by molar-refractivity contribution is 0.0924. The van der Waals surface area contributed by atoms with Gasteiger partial charge in [0.05, 0.1) is 17.9 Å². The van der Waals surface area contributed by atoms with Crippen molar-refractivity contribution >= 4 is 17.5 Å². The number of hydrogen-bond donors (Lipinski definition) is 1. The van der Waals surface area contributed by atoms with Crippen molar-refractivity contribution in [2.45, 2.75) is 6.61 Å². The van der Waals surface area contributed by atoms with Gasteiger partial charge in [-0.25, -0.2) is 4.90 Å². The zero-order valence-electron chi connectivity index (χ0n) is 9.91. The van der Waals surface area contributed by atoms with E-state index in [-0.39, 0.29) is 18.2 Å². The van der Waals surface area contributed by atoms with E-state index in [9.17, 15) is 9.59 Å². The zero-order valence-corrected chi connectivity index (χ0v) is 9.91. The molecule has 0 saturated heterocycles. The molecule has 0 atom stereocenters. The highest BCUT2D eigenvalue weighted by Gasteiger charge is 2.37. The van der Waals surface area contributed by atoms with Crippen molar-refractivity contribution in [2.75, 3.05) is 4.90 Å². The molecule has 5 heteroatoms. The van der Waals surface area contributed by atoms with Crippen LogP contribution in [0.5, 0.6) is 0 Å². The molecule has 2 aromatic rings. The predicted octanol–water partition coefficient (Wildman–Crippen LogP) is 1.37. The molecular formula is C14H10N2O3. The maximum atomic E-state index is 12.2. The number of aromatic nitrogens is 1. The van der Waals surface area contributed by atoms with E-state index in [1.54, 1.807) is 36.4 Å². The van der Waals surface area contributed by atoms with Gasteiger partial charge in [-0.05, 0) is 29.8 Å². The number of hydrogen-bond acceptors (Lipinski definition) is 4. The first-order chi connectivity index (χ1) is 9.22. The lowest BCUT2D eigenvalue weighted by Gasteiger charge is -2.14. The number of imide groups is 1. The van der Waals surface area contributed by atoms with E-state index in [0.717, 1.165) is 4.90 Å². The molecule has 0 fully saturated rings. The molecule has 0 radical (unpaired) electrons. The minimum absolute atomic E-state index is 0.144. The molecule has 94 valence electrons. The maximum Gasteiger partial charge on any atom is 0.284 e. The lowest BCUT2D eigenvalue weighted by atomic mass is 10.2. The smallest absolute Gasteiger partial charge is 0.284 e. The number of aliphatic hydroxyl groups excluding tert-OH is 1. The van der Waals surface area contributed by atoms with Gasteiger partial charge in [0.25, 0.3) is 11.8 Å². The van der Waals surface area contributed by atoms with Crippen LogP contribution in [0, 0.1) is 0 Å². The SMILES string of the molecule is O=C1c2cccnc2C(=O)N1c1cccc(CO)c1. The molecule has 0 aliphatic carbocycles. The van der Waals surface area contributed by atoms with Crippen molar-refractivity contribution in [2.24, 2.45) is 0 Å². The average molecular weight is 254 g/mol. The van der Waals surface area contributed by atoms with Gasteiger partial charge in [0.15, 0.2) is 0 Å². The summed E-state index contributed by atoms with van der Waals surface area (Å²) in [6, 6.07) is 9.89. The van der Waals surface area contributed by atoms with Crippen LogP contribution in [0.25, 0.3) is 0 Å². The average Bonchev–Trinajstić information content (AvgIpc) is 2.72. The molecule has 1 aliphatic rings. The van der Waals surface area contributed by atoms with Crippen LogP contribution in [0.3, 0.4) is 0 Å². The largest absolute Gasteiger partial charge is 0.392 e. The molecule has 19 heavy (non-hydrogen) atoms. The molecule has 2 amide bonds. The number of anilines is 1. The molecule has 1 N–H and O–H groups in total. The number of carbonyl (C=O) groups is 2. The van der Waals surface area contributed by atoms with Gasteiger partial charge in [0.2, 0.25) is 0 Å². The van der Waals surface area contributed by atoms with E-state index in [0.29, 0.717) is 16.8 Å². The van der Waals surface area contributed by atoms with E-state index in [2.05, 4.69) is 4.98 Å².